The average molecular weight is 276 g/mol. The number of hydrogen-bond acceptors (Lipinski definition) is 5. The molecule has 108 valence electrons. The van der Waals surface area contributed by atoms with Crippen LogP contribution in [0, 0.1) is 0 Å². The first kappa shape index (κ1) is 13.3. The standard InChI is InChI=1S/C14H20N4O2/c19-13(11-12-3-1-10-20-12)17-6-8-18(9-7-17)14-15-4-2-5-16-14/h2,4-5,12H,1,3,6-11H2. The van der Waals surface area contributed by atoms with Crippen molar-refractivity contribution in [2.24, 2.45) is 0 Å². The zero-order valence-corrected chi connectivity index (χ0v) is 11.6. The quantitative estimate of drug-likeness (QED) is 0.813. The minimum atomic E-state index is 0.137. The molecule has 1 aromatic heterocycles. The lowest BCUT2D eigenvalue weighted by molar-refractivity contribution is -0.133. The molecule has 0 spiro atoms. The van der Waals surface area contributed by atoms with Gasteiger partial charge in [-0.25, -0.2) is 9.97 Å². The highest BCUT2D eigenvalue weighted by molar-refractivity contribution is 5.77. The SMILES string of the molecule is O=C(CC1CCCO1)N1CCN(c2ncccn2)CC1. The van der Waals surface area contributed by atoms with E-state index in [0.717, 1.165) is 51.6 Å². The topological polar surface area (TPSA) is 58.6 Å². The predicted molar refractivity (Wildman–Crippen MR) is 74.4 cm³/mol. The summed E-state index contributed by atoms with van der Waals surface area (Å²) in [5, 5.41) is 0. The van der Waals surface area contributed by atoms with Crippen LogP contribution in [0.3, 0.4) is 0 Å². The van der Waals surface area contributed by atoms with Gasteiger partial charge in [-0.3, -0.25) is 4.79 Å². The van der Waals surface area contributed by atoms with Crippen molar-refractivity contribution in [3.8, 4) is 0 Å². The summed E-state index contributed by atoms with van der Waals surface area (Å²) in [6, 6.07) is 1.81. The molecule has 0 bridgehead atoms. The number of hydrogen-bond donors (Lipinski definition) is 0. The monoisotopic (exact) mass is 276 g/mol. The molecule has 2 aliphatic heterocycles. The Morgan fingerprint density at radius 3 is 2.65 bits per heavy atom. The van der Waals surface area contributed by atoms with Gasteiger partial charge in [0.25, 0.3) is 0 Å². The number of aromatic nitrogens is 2. The summed E-state index contributed by atoms with van der Waals surface area (Å²) in [6.45, 7) is 3.87. The fraction of sp³-hybridized carbons (Fsp3) is 0.643. The Morgan fingerprint density at radius 2 is 2.00 bits per heavy atom. The molecule has 1 aromatic rings. The van der Waals surface area contributed by atoms with Gasteiger partial charge in [-0.1, -0.05) is 0 Å². The predicted octanol–water partition coefficient (Wildman–Crippen LogP) is 0.694. The van der Waals surface area contributed by atoms with Crippen LogP contribution in [0.15, 0.2) is 18.5 Å². The van der Waals surface area contributed by atoms with Crippen LogP contribution in [0.4, 0.5) is 5.95 Å². The van der Waals surface area contributed by atoms with Crippen LogP contribution in [0.2, 0.25) is 0 Å². The lowest BCUT2D eigenvalue weighted by Crippen LogP contribution is -2.49. The van der Waals surface area contributed by atoms with Crippen molar-refractivity contribution in [2.45, 2.75) is 25.4 Å². The lowest BCUT2D eigenvalue weighted by atomic mass is 10.1. The second-order valence-corrected chi connectivity index (χ2v) is 5.26. The van der Waals surface area contributed by atoms with Gasteiger partial charge in [-0.15, -0.1) is 0 Å². The Kier molecular flexibility index (Phi) is 4.11. The number of ether oxygens (including phenoxy) is 1. The largest absolute Gasteiger partial charge is 0.378 e. The zero-order chi connectivity index (χ0) is 13.8. The van der Waals surface area contributed by atoms with Gasteiger partial charge >= 0.3 is 0 Å². The molecule has 0 aromatic carbocycles. The van der Waals surface area contributed by atoms with Crippen LogP contribution < -0.4 is 4.90 Å². The van der Waals surface area contributed by atoms with Gasteiger partial charge in [-0.05, 0) is 18.9 Å². The first-order chi connectivity index (χ1) is 9.83. The average Bonchev–Trinajstić information content (AvgIpc) is 3.01. The third-order valence-electron chi connectivity index (χ3n) is 3.89. The maximum Gasteiger partial charge on any atom is 0.225 e. The molecule has 2 fully saturated rings. The molecule has 6 nitrogen and oxygen atoms in total. The van der Waals surface area contributed by atoms with Crippen molar-refractivity contribution < 1.29 is 9.53 Å². The van der Waals surface area contributed by atoms with Crippen LogP contribution in [0.25, 0.3) is 0 Å². The second-order valence-electron chi connectivity index (χ2n) is 5.26. The van der Waals surface area contributed by atoms with Gasteiger partial charge in [0.2, 0.25) is 11.9 Å². The molecule has 0 N–H and O–H groups in total. The Hall–Kier alpha value is -1.69. The van der Waals surface area contributed by atoms with Crippen molar-refractivity contribution in [3.63, 3.8) is 0 Å². The van der Waals surface area contributed by atoms with Crippen LogP contribution >= 0.6 is 0 Å². The molecule has 1 unspecified atom stereocenters. The molecule has 1 amide bonds. The van der Waals surface area contributed by atoms with E-state index in [2.05, 4.69) is 14.9 Å². The van der Waals surface area contributed by atoms with Crippen LogP contribution in [0.5, 0.6) is 0 Å². The molecule has 2 aliphatic rings. The number of amides is 1. The number of anilines is 1. The van der Waals surface area contributed by atoms with Crippen molar-refractivity contribution >= 4 is 11.9 Å². The summed E-state index contributed by atoms with van der Waals surface area (Å²) in [6.07, 6.45) is 6.26. The third kappa shape index (κ3) is 3.07. The van der Waals surface area contributed by atoms with Crippen molar-refractivity contribution in [3.05, 3.63) is 18.5 Å². The normalized spacial score (nSPS) is 23.1. The third-order valence-corrected chi connectivity index (χ3v) is 3.89. The van der Waals surface area contributed by atoms with E-state index in [1.807, 2.05) is 11.0 Å². The smallest absolute Gasteiger partial charge is 0.225 e. The highest BCUT2D eigenvalue weighted by Gasteiger charge is 2.26. The fourth-order valence-corrected chi connectivity index (χ4v) is 2.74. The highest BCUT2D eigenvalue weighted by Crippen LogP contribution is 2.17. The van der Waals surface area contributed by atoms with Crippen molar-refractivity contribution in [1.82, 2.24) is 14.9 Å². The van der Waals surface area contributed by atoms with Crippen molar-refractivity contribution in [1.29, 1.82) is 0 Å². The van der Waals surface area contributed by atoms with E-state index in [0.29, 0.717) is 6.42 Å². The highest BCUT2D eigenvalue weighted by atomic mass is 16.5. The Balaban J connectivity index is 1.49. The van der Waals surface area contributed by atoms with E-state index < -0.39 is 0 Å². The van der Waals surface area contributed by atoms with E-state index >= 15 is 0 Å². The van der Waals surface area contributed by atoms with Crippen LogP contribution in [-0.2, 0) is 9.53 Å². The molecule has 1 atom stereocenters. The Bertz CT molecular complexity index is 440. The summed E-state index contributed by atoms with van der Waals surface area (Å²) < 4.78 is 5.53. The van der Waals surface area contributed by atoms with Gasteiger partial charge in [0, 0.05) is 45.2 Å². The lowest BCUT2D eigenvalue weighted by Gasteiger charge is -2.35. The van der Waals surface area contributed by atoms with Gasteiger partial charge in [0.05, 0.1) is 12.5 Å². The molecule has 2 saturated heterocycles. The van der Waals surface area contributed by atoms with E-state index in [1.165, 1.54) is 0 Å². The number of carbonyl (C=O) groups is 1. The summed E-state index contributed by atoms with van der Waals surface area (Å²) in [5.74, 6) is 0.962. The molecule has 0 saturated carbocycles. The van der Waals surface area contributed by atoms with E-state index in [9.17, 15) is 4.79 Å². The molecule has 6 heteroatoms. The van der Waals surface area contributed by atoms with Crippen molar-refractivity contribution in [2.75, 3.05) is 37.7 Å². The van der Waals surface area contributed by atoms with Gasteiger partial charge in [0.15, 0.2) is 0 Å². The van der Waals surface area contributed by atoms with Crippen LogP contribution in [-0.4, -0.2) is 59.7 Å². The molecular formula is C14H20N4O2. The summed E-state index contributed by atoms with van der Waals surface area (Å²) >= 11 is 0. The van der Waals surface area contributed by atoms with E-state index in [1.54, 1.807) is 12.4 Å². The Morgan fingerprint density at radius 1 is 1.25 bits per heavy atom. The maximum atomic E-state index is 12.2. The number of carbonyl (C=O) groups excluding carboxylic acids is 1. The minimum Gasteiger partial charge on any atom is -0.378 e. The summed E-state index contributed by atoms with van der Waals surface area (Å²) in [7, 11) is 0. The Labute approximate surface area is 118 Å². The maximum absolute atomic E-state index is 12.2. The first-order valence-electron chi connectivity index (χ1n) is 7.24. The fourth-order valence-electron chi connectivity index (χ4n) is 2.74. The first-order valence-corrected chi connectivity index (χ1v) is 7.24. The number of rotatable bonds is 3. The molecular weight excluding hydrogens is 256 g/mol. The van der Waals surface area contributed by atoms with E-state index in [4.69, 9.17) is 4.74 Å². The van der Waals surface area contributed by atoms with E-state index in [-0.39, 0.29) is 12.0 Å². The molecule has 0 aliphatic carbocycles. The second kappa shape index (κ2) is 6.17. The van der Waals surface area contributed by atoms with Gasteiger partial charge in [-0.2, -0.15) is 0 Å². The number of nitrogens with zero attached hydrogens (tertiary/aromatic N) is 4. The summed E-state index contributed by atoms with van der Waals surface area (Å²) in [5.41, 5.74) is 0. The van der Waals surface area contributed by atoms with Gasteiger partial charge < -0.3 is 14.5 Å². The molecule has 3 rings (SSSR count). The van der Waals surface area contributed by atoms with Gasteiger partial charge in [0.1, 0.15) is 0 Å². The molecule has 20 heavy (non-hydrogen) atoms. The molecule has 3 heterocycles. The molecule has 0 radical (unpaired) electrons. The minimum absolute atomic E-state index is 0.137. The number of piperazine rings is 1. The zero-order valence-electron chi connectivity index (χ0n) is 11.6. The van der Waals surface area contributed by atoms with Crippen LogP contribution in [0.1, 0.15) is 19.3 Å². The summed E-state index contributed by atoms with van der Waals surface area (Å²) in [4.78, 5) is 24.7.